The lowest BCUT2D eigenvalue weighted by atomic mass is 10.2. The Morgan fingerprint density at radius 3 is 2.47 bits per heavy atom. The van der Waals surface area contributed by atoms with Crippen LogP contribution in [0.1, 0.15) is 18.4 Å². The van der Waals surface area contributed by atoms with Crippen LogP contribution in [0.5, 0.6) is 0 Å². The molecule has 0 bridgehead atoms. The Balaban J connectivity index is 2.31. The van der Waals surface area contributed by atoms with Crippen LogP contribution in [0.25, 0.3) is 0 Å². The molecule has 0 saturated carbocycles. The third-order valence-corrected chi connectivity index (χ3v) is 3.16. The van der Waals surface area contributed by atoms with Crippen molar-refractivity contribution in [1.29, 1.82) is 0 Å². The predicted octanol–water partition coefficient (Wildman–Crippen LogP) is 3.59. The highest BCUT2D eigenvalue weighted by Crippen LogP contribution is 2.11. The second kappa shape index (κ2) is 7.31. The van der Waals surface area contributed by atoms with Crippen LogP contribution in [0.3, 0.4) is 0 Å². The zero-order valence-corrected chi connectivity index (χ0v) is 11.6. The smallest absolute Gasteiger partial charge is 0.0230 e. The minimum absolute atomic E-state index is 0.992. The van der Waals surface area contributed by atoms with Gasteiger partial charge >= 0.3 is 0 Å². The molecule has 1 rings (SSSR count). The molecule has 0 fully saturated rings. The van der Waals surface area contributed by atoms with E-state index in [4.69, 9.17) is 0 Å². The van der Waals surface area contributed by atoms with Crippen molar-refractivity contribution in [3.05, 3.63) is 34.3 Å². The average molecular weight is 288 g/mol. The van der Waals surface area contributed by atoms with Crippen LogP contribution in [0.15, 0.2) is 28.7 Å². The summed E-state index contributed by atoms with van der Waals surface area (Å²) in [5.74, 6) is 0.992. The van der Waals surface area contributed by atoms with Gasteiger partial charge in [-0.1, -0.05) is 28.1 Å². The summed E-state index contributed by atoms with van der Waals surface area (Å²) in [6.07, 6.45) is 2.43. The summed E-state index contributed by atoms with van der Waals surface area (Å²) >= 11 is 7.65. The first-order chi connectivity index (χ1) is 7.22. The Morgan fingerprint density at radius 2 is 1.87 bits per heavy atom. The number of thiol groups is 1. The third-order valence-electron chi connectivity index (χ3n) is 2.31. The van der Waals surface area contributed by atoms with Crippen LogP contribution in [-0.4, -0.2) is 24.2 Å². The monoisotopic (exact) mass is 287 g/mol. The van der Waals surface area contributed by atoms with Crippen LogP contribution in [0.2, 0.25) is 0 Å². The Morgan fingerprint density at radius 1 is 1.20 bits per heavy atom. The fourth-order valence-corrected chi connectivity index (χ4v) is 1.96. The summed E-state index contributed by atoms with van der Waals surface area (Å²) in [6, 6.07) is 8.52. The summed E-state index contributed by atoms with van der Waals surface area (Å²) in [6.45, 7) is 2.18. The number of halogens is 1. The van der Waals surface area contributed by atoms with Gasteiger partial charge in [0.05, 0.1) is 0 Å². The maximum Gasteiger partial charge on any atom is 0.0230 e. The number of benzene rings is 1. The first kappa shape index (κ1) is 13.1. The highest BCUT2D eigenvalue weighted by Gasteiger charge is 1.99. The lowest BCUT2D eigenvalue weighted by Crippen LogP contribution is -2.19. The van der Waals surface area contributed by atoms with Gasteiger partial charge in [0.15, 0.2) is 0 Å². The van der Waals surface area contributed by atoms with Crippen LogP contribution in [-0.2, 0) is 6.54 Å². The van der Waals surface area contributed by atoms with Gasteiger partial charge in [-0.25, -0.2) is 0 Å². The van der Waals surface area contributed by atoms with Crippen LogP contribution in [0.4, 0.5) is 0 Å². The van der Waals surface area contributed by atoms with E-state index in [1.165, 1.54) is 18.4 Å². The second-order valence-electron chi connectivity index (χ2n) is 3.79. The molecular weight excluding hydrogens is 270 g/mol. The first-order valence-electron chi connectivity index (χ1n) is 5.26. The van der Waals surface area contributed by atoms with Crippen molar-refractivity contribution >= 4 is 28.6 Å². The quantitative estimate of drug-likeness (QED) is 0.618. The Bertz CT molecular complexity index is 273. The van der Waals surface area contributed by atoms with Crippen molar-refractivity contribution < 1.29 is 0 Å². The summed E-state index contributed by atoms with van der Waals surface area (Å²) < 4.78 is 1.14. The van der Waals surface area contributed by atoms with E-state index in [-0.39, 0.29) is 0 Å². The van der Waals surface area contributed by atoms with Crippen molar-refractivity contribution in [1.82, 2.24) is 4.90 Å². The SMILES string of the molecule is CN(CCCCS)Cc1ccc(Br)cc1. The summed E-state index contributed by atoms with van der Waals surface area (Å²) in [4.78, 5) is 2.35. The van der Waals surface area contributed by atoms with Gasteiger partial charge < -0.3 is 4.90 Å². The number of hydrogen-bond donors (Lipinski definition) is 1. The van der Waals surface area contributed by atoms with Gasteiger partial charge in [0.2, 0.25) is 0 Å². The molecule has 3 heteroatoms. The van der Waals surface area contributed by atoms with Crippen LogP contribution in [0, 0.1) is 0 Å². The molecule has 0 radical (unpaired) electrons. The Labute approximate surface area is 106 Å². The zero-order valence-electron chi connectivity index (χ0n) is 9.12. The zero-order chi connectivity index (χ0) is 11.1. The molecule has 15 heavy (non-hydrogen) atoms. The normalized spacial score (nSPS) is 10.9. The molecule has 0 aliphatic heterocycles. The van der Waals surface area contributed by atoms with Gasteiger partial charge in [-0.15, -0.1) is 0 Å². The Kier molecular flexibility index (Phi) is 6.37. The lowest BCUT2D eigenvalue weighted by molar-refractivity contribution is 0.321. The maximum absolute atomic E-state index is 4.21. The van der Waals surface area contributed by atoms with E-state index in [1.807, 2.05) is 0 Å². The molecule has 0 atom stereocenters. The van der Waals surface area contributed by atoms with E-state index in [2.05, 4.69) is 64.8 Å². The number of hydrogen-bond acceptors (Lipinski definition) is 2. The summed E-state index contributed by atoms with van der Waals surface area (Å²) in [5.41, 5.74) is 1.37. The van der Waals surface area contributed by atoms with E-state index >= 15 is 0 Å². The molecule has 0 spiro atoms. The van der Waals surface area contributed by atoms with Gasteiger partial charge in [0.25, 0.3) is 0 Å². The molecular formula is C12H18BrNS. The van der Waals surface area contributed by atoms with E-state index in [0.717, 1.165) is 23.3 Å². The molecule has 1 aromatic carbocycles. The highest BCUT2D eigenvalue weighted by molar-refractivity contribution is 9.10. The van der Waals surface area contributed by atoms with Crippen LogP contribution < -0.4 is 0 Å². The molecule has 0 amide bonds. The molecule has 0 heterocycles. The molecule has 0 unspecified atom stereocenters. The van der Waals surface area contributed by atoms with E-state index in [0.29, 0.717) is 0 Å². The summed E-state index contributed by atoms with van der Waals surface area (Å²) in [5, 5.41) is 0. The van der Waals surface area contributed by atoms with Gasteiger partial charge in [-0.3, -0.25) is 0 Å². The lowest BCUT2D eigenvalue weighted by Gasteiger charge is -2.16. The van der Waals surface area contributed by atoms with E-state index in [1.54, 1.807) is 0 Å². The minimum atomic E-state index is 0.992. The topological polar surface area (TPSA) is 3.24 Å². The van der Waals surface area contributed by atoms with Crippen molar-refractivity contribution in [2.75, 3.05) is 19.3 Å². The van der Waals surface area contributed by atoms with E-state index in [9.17, 15) is 0 Å². The molecule has 0 aliphatic rings. The fraction of sp³-hybridized carbons (Fsp3) is 0.500. The molecule has 1 aromatic rings. The van der Waals surface area contributed by atoms with E-state index < -0.39 is 0 Å². The van der Waals surface area contributed by atoms with Gasteiger partial charge in [0, 0.05) is 11.0 Å². The molecule has 84 valence electrons. The number of unbranched alkanes of at least 4 members (excludes halogenated alkanes) is 1. The second-order valence-corrected chi connectivity index (χ2v) is 5.16. The molecule has 1 nitrogen and oxygen atoms in total. The average Bonchev–Trinajstić information content (AvgIpc) is 2.22. The maximum atomic E-state index is 4.21. The van der Waals surface area contributed by atoms with Crippen LogP contribution >= 0.6 is 28.6 Å². The number of rotatable bonds is 6. The first-order valence-corrected chi connectivity index (χ1v) is 6.69. The highest BCUT2D eigenvalue weighted by atomic mass is 79.9. The van der Waals surface area contributed by atoms with Gasteiger partial charge in [-0.05, 0) is 49.9 Å². The fourth-order valence-electron chi connectivity index (χ4n) is 1.47. The summed E-state index contributed by atoms with van der Waals surface area (Å²) in [7, 11) is 2.17. The minimum Gasteiger partial charge on any atom is -0.302 e. The standard InChI is InChI=1S/C12H18BrNS/c1-14(8-2-3-9-15)10-11-4-6-12(13)7-5-11/h4-7,15H,2-3,8-10H2,1H3. The Hall–Kier alpha value is 0.01000. The third kappa shape index (κ3) is 5.59. The van der Waals surface area contributed by atoms with Gasteiger partial charge in [0.1, 0.15) is 0 Å². The molecule has 0 aliphatic carbocycles. The number of nitrogens with zero attached hydrogens (tertiary/aromatic N) is 1. The molecule has 0 N–H and O–H groups in total. The van der Waals surface area contributed by atoms with Crippen molar-refractivity contribution in [3.8, 4) is 0 Å². The molecule has 0 aromatic heterocycles. The van der Waals surface area contributed by atoms with Crippen molar-refractivity contribution in [2.45, 2.75) is 19.4 Å². The molecule has 0 saturated heterocycles. The van der Waals surface area contributed by atoms with Gasteiger partial charge in [-0.2, -0.15) is 12.6 Å². The predicted molar refractivity (Wildman–Crippen MR) is 73.6 cm³/mol. The van der Waals surface area contributed by atoms with Crippen molar-refractivity contribution in [2.24, 2.45) is 0 Å². The van der Waals surface area contributed by atoms with Crippen molar-refractivity contribution in [3.63, 3.8) is 0 Å². The largest absolute Gasteiger partial charge is 0.302 e.